The van der Waals surface area contributed by atoms with Crippen LogP contribution in [0.5, 0.6) is 11.5 Å². The molecule has 0 radical (unpaired) electrons. The summed E-state index contributed by atoms with van der Waals surface area (Å²) in [6.07, 6.45) is 0. The lowest BCUT2D eigenvalue weighted by Gasteiger charge is -2.09. The molecule has 19 heavy (non-hydrogen) atoms. The molecule has 2 aromatic rings. The van der Waals surface area contributed by atoms with Crippen molar-refractivity contribution in [2.24, 2.45) is 0 Å². The van der Waals surface area contributed by atoms with Gasteiger partial charge in [-0.15, -0.1) is 0 Å². The van der Waals surface area contributed by atoms with Gasteiger partial charge in [-0.05, 0) is 39.0 Å². The number of aryl methyl sites for hydroxylation is 1. The van der Waals surface area contributed by atoms with Gasteiger partial charge in [0.25, 0.3) is 5.56 Å². The second-order valence-electron chi connectivity index (χ2n) is 4.24. The molecule has 0 aliphatic carbocycles. The minimum Gasteiger partial charge on any atom is -0.504 e. The van der Waals surface area contributed by atoms with Gasteiger partial charge in [-0.2, -0.15) is 0 Å². The van der Waals surface area contributed by atoms with Crippen molar-refractivity contribution in [2.75, 3.05) is 6.61 Å². The summed E-state index contributed by atoms with van der Waals surface area (Å²) in [6.45, 7) is 5.81. The highest BCUT2D eigenvalue weighted by atomic mass is 16.5. The van der Waals surface area contributed by atoms with Crippen molar-refractivity contribution in [3.05, 3.63) is 39.8 Å². The molecule has 5 nitrogen and oxygen atoms in total. The van der Waals surface area contributed by atoms with Gasteiger partial charge >= 0.3 is 0 Å². The molecule has 100 valence electrons. The van der Waals surface area contributed by atoms with Crippen LogP contribution >= 0.6 is 0 Å². The molecule has 0 bridgehead atoms. The molecule has 2 rings (SSSR count). The predicted molar refractivity (Wildman–Crippen MR) is 72.6 cm³/mol. The molecule has 0 unspecified atom stereocenters. The monoisotopic (exact) mass is 260 g/mol. The minimum atomic E-state index is -0.159. The predicted octanol–water partition coefficient (Wildman–Crippen LogP) is 2.16. The Hall–Kier alpha value is -2.30. The van der Waals surface area contributed by atoms with Crippen LogP contribution in [-0.4, -0.2) is 21.7 Å². The van der Waals surface area contributed by atoms with Gasteiger partial charge in [-0.1, -0.05) is 0 Å². The molecule has 0 saturated carbocycles. The molecule has 0 spiro atoms. The van der Waals surface area contributed by atoms with E-state index in [0.717, 1.165) is 0 Å². The number of nitrogens with one attached hydrogen (secondary N) is 1. The Morgan fingerprint density at radius 2 is 2.11 bits per heavy atom. The molecule has 2 N–H and O–H groups in total. The van der Waals surface area contributed by atoms with E-state index in [4.69, 9.17) is 4.74 Å². The molecular formula is C14H16N2O3. The normalized spacial score (nSPS) is 10.5. The van der Waals surface area contributed by atoms with E-state index in [9.17, 15) is 9.90 Å². The lowest BCUT2D eigenvalue weighted by Crippen LogP contribution is -2.14. The quantitative estimate of drug-likeness (QED) is 0.886. The van der Waals surface area contributed by atoms with Crippen molar-refractivity contribution in [3.63, 3.8) is 0 Å². The summed E-state index contributed by atoms with van der Waals surface area (Å²) in [5.41, 5.74) is 1.83. The summed E-state index contributed by atoms with van der Waals surface area (Å²) in [5.74, 6) is 0.909. The van der Waals surface area contributed by atoms with Crippen molar-refractivity contribution in [1.82, 2.24) is 9.97 Å². The number of H-pyrrole nitrogens is 1. The largest absolute Gasteiger partial charge is 0.504 e. The molecule has 0 aliphatic heterocycles. The first-order chi connectivity index (χ1) is 9.02. The van der Waals surface area contributed by atoms with Gasteiger partial charge in [0.15, 0.2) is 11.5 Å². The second kappa shape index (κ2) is 5.14. The third-order valence-electron chi connectivity index (χ3n) is 2.93. The molecule has 1 aromatic heterocycles. The zero-order valence-corrected chi connectivity index (χ0v) is 11.2. The molecule has 5 heteroatoms. The summed E-state index contributed by atoms with van der Waals surface area (Å²) in [6, 6.07) is 4.87. The Morgan fingerprint density at radius 1 is 1.37 bits per heavy atom. The second-order valence-corrected chi connectivity index (χ2v) is 4.24. The zero-order chi connectivity index (χ0) is 14.0. The summed E-state index contributed by atoms with van der Waals surface area (Å²) in [4.78, 5) is 18.8. The average Bonchev–Trinajstić information content (AvgIpc) is 2.38. The van der Waals surface area contributed by atoms with Gasteiger partial charge in [0.1, 0.15) is 5.82 Å². The number of phenolic OH excluding ortho intramolecular Hbond substituents is 1. The van der Waals surface area contributed by atoms with Crippen LogP contribution in [0, 0.1) is 13.8 Å². The Kier molecular flexibility index (Phi) is 3.55. The fourth-order valence-corrected chi connectivity index (χ4v) is 1.71. The first kappa shape index (κ1) is 13.1. The van der Waals surface area contributed by atoms with E-state index in [0.29, 0.717) is 35.0 Å². The Morgan fingerprint density at radius 3 is 2.74 bits per heavy atom. The van der Waals surface area contributed by atoms with Crippen LogP contribution in [0.2, 0.25) is 0 Å². The molecule has 1 aromatic carbocycles. The Labute approximate surface area is 110 Å². The molecule has 0 atom stereocenters. The van der Waals surface area contributed by atoms with Crippen LogP contribution in [0.15, 0.2) is 23.0 Å². The number of hydrogen-bond acceptors (Lipinski definition) is 4. The number of hydrogen-bond donors (Lipinski definition) is 2. The topological polar surface area (TPSA) is 75.2 Å². The van der Waals surface area contributed by atoms with Crippen LogP contribution < -0.4 is 10.3 Å². The first-order valence-corrected chi connectivity index (χ1v) is 6.06. The summed E-state index contributed by atoms with van der Waals surface area (Å²) in [7, 11) is 0. The molecule has 1 heterocycles. The Bertz CT molecular complexity index is 662. The van der Waals surface area contributed by atoms with E-state index in [2.05, 4.69) is 9.97 Å². The van der Waals surface area contributed by atoms with Crippen molar-refractivity contribution in [1.29, 1.82) is 0 Å². The highest BCUT2D eigenvalue weighted by Crippen LogP contribution is 2.30. The minimum absolute atomic E-state index is 0.0665. The van der Waals surface area contributed by atoms with Gasteiger partial charge in [0, 0.05) is 16.8 Å². The highest BCUT2D eigenvalue weighted by molar-refractivity contribution is 5.60. The summed E-state index contributed by atoms with van der Waals surface area (Å²) in [5, 5.41) is 9.65. The van der Waals surface area contributed by atoms with E-state index in [1.54, 1.807) is 26.0 Å². The fourth-order valence-electron chi connectivity index (χ4n) is 1.71. The number of phenols is 1. The van der Waals surface area contributed by atoms with Crippen molar-refractivity contribution < 1.29 is 9.84 Å². The third kappa shape index (κ3) is 2.59. The van der Waals surface area contributed by atoms with Gasteiger partial charge in [0.2, 0.25) is 0 Å². The average molecular weight is 260 g/mol. The number of aromatic nitrogens is 2. The Balaban J connectivity index is 2.53. The number of benzene rings is 1. The molecule has 0 saturated heterocycles. The van der Waals surface area contributed by atoms with E-state index in [-0.39, 0.29) is 11.3 Å². The maximum absolute atomic E-state index is 11.7. The standard InChI is InChI=1S/C14H16N2O3/c1-4-19-12-7-10(5-6-11(12)17)13-15-9(3)8(2)14(18)16-13/h5-7,17H,4H2,1-3H3,(H,15,16,18). The maximum atomic E-state index is 11.7. The SMILES string of the molecule is CCOc1cc(-c2nc(C)c(C)c(=O)[nH]2)ccc1O. The fraction of sp³-hybridized carbons (Fsp3) is 0.286. The van der Waals surface area contributed by atoms with E-state index in [1.807, 2.05) is 6.92 Å². The van der Waals surface area contributed by atoms with Crippen molar-refractivity contribution in [3.8, 4) is 22.9 Å². The molecular weight excluding hydrogens is 244 g/mol. The van der Waals surface area contributed by atoms with E-state index >= 15 is 0 Å². The number of rotatable bonds is 3. The van der Waals surface area contributed by atoms with Crippen molar-refractivity contribution >= 4 is 0 Å². The number of nitrogens with zero attached hydrogens (tertiary/aromatic N) is 1. The maximum Gasteiger partial charge on any atom is 0.254 e. The lowest BCUT2D eigenvalue weighted by molar-refractivity contribution is 0.318. The van der Waals surface area contributed by atoms with Crippen molar-refractivity contribution in [2.45, 2.75) is 20.8 Å². The number of aromatic hydroxyl groups is 1. The number of aromatic amines is 1. The highest BCUT2D eigenvalue weighted by Gasteiger charge is 2.09. The van der Waals surface area contributed by atoms with Gasteiger partial charge in [-0.25, -0.2) is 4.98 Å². The van der Waals surface area contributed by atoms with Crippen LogP contribution in [0.25, 0.3) is 11.4 Å². The first-order valence-electron chi connectivity index (χ1n) is 6.06. The van der Waals surface area contributed by atoms with Crippen LogP contribution in [0.4, 0.5) is 0 Å². The molecule has 0 fully saturated rings. The van der Waals surface area contributed by atoms with Gasteiger partial charge in [-0.3, -0.25) is 4.79 Å². The molecule has 0 amide bonds. The smallest absolute Gasteiger partial charge is 0.254 e. The van der Waals surface area contributed by atoms with E-state index in [1.165, 1.54) is 6.07 Å². The van der Waals surface area contributed by atoms with Crippen LogP contribution in [-0.2, 0) is 0 Å². The van der Waals surface area contributed by atoms with Gasteiger partial charge in [0.05, 0.1) is 6.61 Å². The lowest BCUT2D eigenvalue weighted by atomic mass is 10.1. The number of ether oxygens (including phenoxy) is 1. The van der Waals surface area contributed by atoms with Gasteiger partial charge < -0.3 is 14.8 Å². The van der Waals surface area contributed by atoms with Crippen LogP contribution in [0.1, 0.15) is 18.2 Å². The third-order valence-corrected chi connectivity index (χ3v) is 2.93. The summed E-state index contributed by atoms with van der Waals surface area (Å²) < 4.78 is 5.31. The zero-order valence-electron chi connectivity index (χ0n) is 11.2. The van der Waals surface area contributed by atoms with Crippen LogP contribution in [0.3, 0.4) is 0 Å². The summed E-state index contributed by atoms with van der Waals surface area (Å²) >= 11 is 0. The van der Waals surface area contributed by atoms with E-state index < -0.39 is 0 Å². The molecule has 0 aliphatic rings.